The molecule has 0 aliphatic rings. The maximum atomic E-state index is 12.2. The van der Waals surface area contributed by atoms with Crippen molar-refractivity contribution in [2.45, 2.75) is 26.5 Å². The Labute approximate surface area is 127 Å². The van der Waals surface area contributed by atoms with E-state index in [1.807, 2.05) is 38.1 Å². The van der Waals surface area contributed by atoms with Gasteiger partial charge in [-0.05, 0) is 49.2 Å². The molecule has 0 aliphatic carbocycles. The second-order valence-corrected chi connectivity index (χ2v) is 5.21. The molecule has 21 heavy (non-hydrogen) atoms. The normalized spacial score (nSPS) is 12.3. The smallest absolute Gasteiger partial charge is 0.387 e. The maximum Gasteiger partial charge on any atom is 0.387 e. The first-order valence-corrected chi connectivity index (χ1v) is 6.91. The van der Waals surface area contributed by atoms with E-state index in [0.717, 1.165) is 16.8 Å². The number of anilines is 1. The molecule has 0 aromatic heterocycles. The predicted octanol–water partition coefficient (Wildman–Crippen LogP) is 5.42. The largest absolute Gasteiger partial charge is 0.435 e. The van der Waals surface area contributed by atoms with Crippen molar-refractivity contribution in [3.8, 4) is 5.75 Å². The summed E-state index contributed by atoms with van der Waals surface area (Å²) >= 11 is 5.99. The highest BCUT2D eigenvalue weighted by Gasteiger charge is 2.10. The second kappa shape index (κ2) is 6.76. The first-order valence-electron chi connectivity index (χ1n) is 6.53. The fraction of sp³-hybridized carbons (Fsp3) is 0.250. The molecule has 0 aliphatic heterocycles. The lowest BCUT2D eigenvalue weighted by molar-refractivity contribution is -0.0498. The summed E-state index contributed by atoms with van der Waals surface area (Å²) < 4.78 is 28.9. The van der Waals surface area contributed by atoms with Gasteiger partial charge in [0.1, 0.15) is 5.75 Å². The van der Waals surface area contributed by atoms with Crippen molar-refractivity contribution >= 4 is 17.3 Å². The van der Waals surface area contributed by atoms with Gasteiger partial charge in [-0.25, -0.2) is 0 Å². The molecule has 0 fully saturated rings. The van der Waals surface area contributed by atoms with Gasteiger partial charge in [-0.2, -0.15) is 8.78 Å². The molecule has 0 radical (unpaired) electrons. The van der Waals surface area contributed by atoms with Gasteiger partial charge >= 0.3 is 6.61 Å². The number of aryl methyl sites for hydroxylation is 1. The van der Waals surface area contributed by atoms with Gasteiger partial charge in [0.05, 0.1) is 0 Å². The topological polar surface area (TPSA) is 21.3 Å². The molecule has 0 amide bonds. The van der Waals surface area contributed by atoms with Crippen molar-refractivity contribution in [2.24, 2.45) is 0 Å². The van der Waals surface area contributed by atoms with Crippen LogP contribution in [0.5, 0.6) is 5.75 Å². The Morgan fingerprint density at radius 2 is 1.90 bits per heavy atom. The molecule has 5 heteroatoms. The Balaban J connectivity index is 2.16. The third-order valence-corrected chi connectivity index (χ3v) is 3.39. The number of rotatable bonds is 5. The van der Waals surface area contributed by atoms with Crippen LogP contribution in [-0.4, -0.2) is 6.61 Å². The monoisotopic (exact) mass is 311 g/mol. The van der Waals surface area contributed by atoms with E-state index < -0.39 is 6.61 Å². The highest BCUT2D eigenvalue weighted by Crippen LogP contribution is 2.27. The van der Waals surface area contributed by atoms with Crippen LogP contribution in [0.3, 0.4) is 0 Å². The summed E-state index contributed by atoms with van der Waals surface area (Å²) in [4.78, 5) is 0. The summed E-state index contributed by atoms with van der Waals surface area (Å²) in [6.07, 6.45) is 0. The first-order chi connectivity index (χ1) is 9.95. The lowest BCUT2D eigenvalue weighted by atomic mass is 10.1. The summed E-state index contributed by atoms with van der Waals surface area (Å²) in [6.45, 7) is 1.10. The number of benzene rings is 2. The molecular weight excluding hydrogens is 296 g/mol. The van der Waals surface area contributed by atoms with Crippen LogP contribution in [0.4, 0.5) is 14.5 Å². The highest BCUT2D eigenvalue weighted by atomic mass is 35.5. The van der Waals surface area contributed by atoms with Crippen LogP contribution in [0, 0.1) is 6.92 Å². The number of ether oxygens (including phenoxy) is 1. The molecule has 0 spiro atoms. The number of nitrogens with one attached hydrogen (secondary N) is 1. The number of alkyl halides is 2. The van der Waals surface area contributed by atoms with E-state index in [0.29, 0.717) is 5.02 Å². The predicted molar refractivity (Wildman–Crippen MR) is 81.3 cm³/mol. The summed E-state index contributed by atoms with van der Waals surface area (Å²) in [5, 5.41) is 3.96. The third-order valence-electron chi connectivity index (χ3n) is 3.15. The number of hydrogen-bond donors (Lipinski definition) is 1. The molecule has 1 atom stereocenters. The van der Waals surface area contributed by atoms with E-state index in [1.54, 1.807) is 12.1 Å². The Hall–Kier alpha value is -1.81. The van der Waals surface area contributed by atoms with Crippen LogP contribution in [0.25, 0.3) is 0 Å². The van der Waals surface area contributed by atoms with E-state index >= 15 is 0 Å². The molecule has 1 N–H and O–H groups in total. The summed E-state index contributed by atoms with van der Waals surface area (Å²) in [7, 11) is 0. The van der Waals surface area contributed by atoms with E-state index in [-0.39, 0.29) is 11.8 Å². The van der Waals surface area contributed by atoms with Gasteiger partial charge in [-0.15, -0.1) is 0 Å². The van der Waals surface area contributed by atoms with Gasteiger partial charge in [0.2, 0.25) is 0 Å². The quantitative estimate of drug-likeness (QED) is 0.795. The molecule has 0 saturated carbocycles. The van der Waals surface area contributed by atoms with Gasteiger partial charge in [0.15, 0.2) is 0 Å². The minimum atomic E-state index is -2.82. The standard InChI is InChI=1S/C16H16ClF2NO/c1-10-6-7-13(17)9-15(10)20-11(2)12-4-3-5-14(8-12)21-16(18)19/h3-9,11,16,20H,1-2H3. The maximum absolute atomic E-state index is 12.2. The van der Waals surface area contributed by atoms with Crippen molar-refractivity contribution in [3.63, 3.8) is 0 Å². The SMILES string of the molecule is Cc1ccc(Cl)cc1NC(C)c1cccc(OC(F)F)c1. The van der Waals surface area contributed by atoms with Crippen molar-refractivity contribution in [3.05, 3.63) is 58.6 Å². The average Bonchev–Trinajstić information content (AvgIpc) is 2.42. The van der Waals surface area contributed by atoms with Crippen molar-refractivity contribution < 1.29 is 13.5 Å². The van der Waals surface area contributed by atoms with Crippen LogP contribution >= 0.6 is 11.6 Å². The van der Waals surface area contributed by atoms with Crippen LogP contribution in [0.15, 0.2) is 42.5 Å². The van der Waals surface area contributed by atoms with Crippen LogP contribution in [0.1, 0.15) is 24.1 Å². The fourth-order valence-corrected chi connectivity index (χ4v) is 2.20. The van der Waals surface area contributed by atoms with Crippen molar-refractivity contribution in [1.29, 1.82) is 0 Å². The minimum Gasteiger partial charge on any atom is -0.435 e. The van der Waals surface area contributed by atoms with E-state index in [4.69, 9.17) is 11.6 Å². The Bertz CT molecular complexity index is 619. The zero-order valence-electron chi connectivity index (χ0n) is 11.7. The minimum absolute atomic E-state index is 0.0663. The summed E-state index contributed by atoms with van der Waals surface area (Å²) in [6, 6.07) is 12.2. The molecule has 1 unspecified atom stereocenters. The number of hydrogen-bond acceptors (Lipinski definition) is 2. The average molecular weight is 312 g/mol. The molecule has 112 valence electrons. The van der Waals surface area contributed by atoms with E-state index in [1.165, 1.54) is 6.07 Å². The van der Waals surface area contributed by atoms with Crippen molar-refractivity contribution in [2.75, 3.05) is 5.32 Å². The Morgan fingerprint density at radius 1 is 1.14 bits per heavy atom. The van der Waals surface area contributed by atoms with Crippen LogP contribution in [-0.2, 0) is 0 Å². The van der Waals surface area contributed by atoms with Crippen LogP contribution < -0.4 is 10.1 Å². The van der Waals surface area contributed by atoms with Gasteiger partial charge in [-0.1, -0.05) is 29.8 Å². The Morgan fingerprint density at radius 3 is 2.62 bits per heavy atom. The van der Waals surface area contributed by atoms with Crippen LogP contribution in [0.2, 0.25) is 5.02 Å². The summed E-state index contributed by atoms with van der Waals surface area (Å²) in [5.41, 5.74) is 2.83. The zero-order valence-corrected chi connectivity index (χ0v) is 12.5. The molecular formula is C16H16ClF2NO. The molecule has 0 saturated heterocycles. The highest BCUT2D eigenvalue weighted by molar-refractivity contribution is 6.30. The van der Waals surface area contributed by atoms with Gasteiger partial charge in [0.25, 0.3) is 0 Å². The lowest BCUT2D eigenvalue weighted by Crippen LogP contribution is -2.08. The second-order valence-electron chi connectivity index (χ2n) is 4.78. The molecule has 2 aromatic carbocycles. The third kappa shape index (κ3) is 4.33. The zero-order chi connectivity index (χ0) is 15.4. The Kier molecular flexibility index (Phi) is 5.02. The van der Waals surface area contributed by atoms with E-state index in [2.05, 4.69) is 10.1 Å². The first kappa shape index (κ1) is 15.6. The molecule has 0 bridgehead atoms. The van der Waals surface area contributed by atoms with Gasteiger partial charge in [-0.3, -0.25) is 0 Å². The van der Waals surface area contributed by atoms with Crippen molar-refractivity contribution in [1.82, 2.24) is 0 Å². The number of halogens is 3. The molecule has 2 aromatic rings. The van der Waals surface area contributed by atoms with E-state index in [9.17, 15) is 8.78 Å². The molecule has 0 heterocycles. The molecule has 2 nitrogen and oxygen atoms in total. The molecule has 2 rings (SSSR count). The van der Waals surface area contributed by atoms with Gasteiger partial charge < -0.3 is 10.1 Å². The summed E-state index contributed by atoms with van der Waals surface area (Å²) in [5.74, 6) is 0.152. The fourth-order valence-electron chi connectivity index (χ4n) is 2.03. The lowest BCUT2D eigenvalue weighted by Gasteiger charge is -2.18. The van der Waals surface area contributed by atoms with Gasteiger partial charge in [0, 0.05) is 16.8 Å².